The Bertz CT molecular complexity index is 1270. The number of hydrogen-bond donors (Lipinski definition) is 1. The number of aromatic amines is 1. The van der Waals surface area contributed by atoms with Gasteiger partial charge in [0.2, 0.25) is 0 Å². The van der Waals surface area contributed by atoms with E-state index in [-0.39, 0.29) is 24.2 Å². The minimum Gasteiger partial charge on any atom is -0.486 e. The van der Waals surface area contributed by atoms with E-state index in [4.69, 9.17) is 19.2 Å². The van der Waals surface area contributed by atoms with Crippen molar-refractivity contribution in [3.05, 3.63) is 50.4 Å². The van der Waals surface area contributed by atoms with Gasteiger partial charge in [-0.3, -0.25) is 9.69 Å². The van der Waals surface area contributed by atoms with Crippen LogP contribution in [0.4, 0.5) is 0 Å². The number of hydrogen-bond acceptors (Lipinski definition) is 8. The summed E-state index contributed by atoms with van der Waals surface area (Å²) >= 11 is 1.22. The van der Waals surface area contributed by atoms with Crippen LogP contribution in [0.15, 0.2) is 23.0 Å². The molecule has 9 heteroatoms. The van der Waals surface area contributed by atoms with Crippen LogP contribution < -0.4 is 15.0 Å². The molecule has 2 atom stereocenters. The zero-order valence-corrected chi connectivity index (χ0v) is 19.8. The maximum Gasteiger partial charge on any atom is 0.348 e. The fraction of sp³-hybridized carbons (Fsp3) is 0.458. The number of likely N-dealkylation sites (tertiary alicyclic amines) is 1. The smallest absolute Gasteiger partial charge is 0.348 e. The van der Waals surface area contributed by atoms with Crippen molar-refractivity contribution >= 4 is 27.5 Å². The van der Waals surface area contributed by atoms with Crippen molar-refractivity contribution < 1.29 is 19.0 Å². The molecule has 1 fully saturated rings. The quantitative estimate of drug-likeness (QED) is 0.561. The van der Waals surface area contributed by atoms with E-state index in [1.54, 1.807) is 13.8 Å². The Kier molecular flexibility index (Phi) is 5.84. The van der Waals surface area contributed by atoms with Gasteiger partial charge in [0, 0.05) is 6.04 Å². The van der Waals surface area contributed by atoms with E-state index in [0.717, 1.165) is 30.9 Å². The number of aryl methyl sites for hydroxylation is 1. The van der Waals surface area contributed by atoms with Gasteiger partial charge in [0.15, 0.2) is 11.5 Å². The molecule has 0 saturated carbocycles. The Morgan fingerprint density at radius 1 is 1.33 bits per heavy atom. The van der Waals surface area contributed by atoms with Crippen LogP contribution in [0.2, 0.25) is 0 Å². The molecule has 2 aromatic heterocycles. The van der Waals surface area contributed by atoms with Gasteiger partial charge in [-0.1, -0.05) is 6.07 Å². The number of benzene rings is 1. The summed E-state index contributed by atoms with van der Waals surface area (Å²) in [5.41, 5.74) is 1.57. The van der Waals surface area contributed by atoms with E-state index in [1.807, 2.05) is 6.07 Å². The molecular weight excluding hydrogens is 442 g/mol. The number of fused-ring (bicyclic) bond motifs is 2. The highest BCUT2D eigenvalue weighted by Gasteiger charge is 2.33. The van der Waals surface area contributed by atoms with Gasteiger partial charge in [0.25, 0.3) is 5.56 Å². The molecular formula is C24H27N3O5S. The summed E-state index contributed by atoms with van der Waals surface area (Å²) in [7, 11) is 0. The summed E-state index contributed by atoms with van der Waals surface area (Å²) in [6, 6.07) is 6.23. The van der Waals surface area contributed by atoms with Gasteiger partial charge in [-0.05, 0) is 63.4 Å². The second kappa shape index (κ2) is 8.79. The Morgan fingerprint density at radius 2 is 2.12 bits per heavy atom. The minimum absolute atomic E-state index is 0.101. The molecule has 0 bridgehead atoms. The Labute approximate surface area is 195 Å². The normalized spacial score (nSPS) is 19.1. The third-order valence-electron chi connectivity index (χ3n) is 6.42. The summed E-state index contributed by atoms with van der Waals surface area (Å²) in [5.74, 6) is 1.76. The molecule has 33 heavy (non-hydrogen) atoms. The van der Waals surface area contributed by atoms with Crippen LogP contribution in [0.25, 0.3) is 10.2 Å². The highest BCUT2D eigenvalue weighted by Crippen LogP contribution is 2.41. The molecule has 3 aromatic rings. The molecule has 0 aliphatic carbocycles. The van der Waals surface area contributed by atoms with E-state index >= 15 is 0 Å². The first kappa shape index (κ1) is 21.9. The average Bonchev–Trinajstić information content (AvgIpc) is 3.43. The second-order valence-electron chi connectivity index (χ2n) is 8.38. The molecule has 0 unspecified atom stereocenters. The summed E-state index contributed by atoms with van der Waals surface area (Å²) in [4.78, 5) is 36.4. The number of H-pyrrole nitrogens is 1. The second-order valence-corrected chi connectivity index (χ2v) is 9.38. The van der Waals surface area contributed by atoms with Crippen molar-refractivity contribution in [3.8, 4) is 11.5 Å². The topological polar surface area (TPSA) is 93.8 Å². The molecule has 1 N–H and O–H groups in total. The van der Waals surface area contributed by atoms with Gasteiger partial charge >= 0.3 is 5.97 Å². The predicted octanol–water partition coefficient (Wildman–Crippen LogP) is 4.14. The highest BCUT2D eigenvalue weighted by molar-refractivity contribution is 7.20. The Hall–Kier alpha value is -2.91. The van der Waals surface area contributed by atoms with Crippen molar-refractivity contribution in [2.75, 3.05) is 26.4 Å². The van der Waals surface area contributed by atoms with E-state index in [9.17, 15) is 9.59 Å². The lowest BCUT2D eigenvalue weighted by Gasteiger charge is -2.31. The fourth-order valence-electron chi connectivity index (χ4n) is 4.78. The number of carbonyl (C=O) groups is 1. The molecule has 5 rings (SSSR count). The number of nitrogens with zero attached hydrogens (tertiary/aromatic N) is 2. The van der Waals surface area contributed by atoms with Crippen LogP contribution in [-0.2, 0) is 4.74 Å². The van der Waals surface area contributed by atoms with Gasteiger partial charge < -0.3 is 19.2 Å². The molecule has 2 aliphatic rings. The molecule has 0 radical (unpaired) electrons. The lowest BCUT2D eigenvalue weighted by molar-refractivity contribution is 0.0531. The first-order valence-electron chi connectivity index (χ1n) is 11.3. The summed E-state index contributed by atoms with van der Waals surface area (Å²) < 4.78 is 16.6. The minimum atomic E-state index is -0.412. The Morgan fingerprint density at radius 3 is 2.91 bits per heavy atom. The number of thiophene rings is 1. The van der Waals surface area contributed by atoms with Crippen molar-refractivity contribution in [2.45, 2.75) is 45.7 Å². The standard InChI is InChI=1S/C24H27N3O5S/c1-4-30-24(29)20-13(2)19-22(28)25-21(26-23(19)33-20)14(3)27-9-5-6-16(27)15-7-8-17-18(12-15)32-11-10-31-17/h7-8,12,14,16H,4-6,9-11H2,1-3H3,(H,25,26,28)/t14-,16+/m1/s1. The molecule has 174 valence electrons. The van der Waals surface area contributed by atoms with E-state index in [1.165, 1.54) is 16.9 Å². The van der Waals surface area contributed by atoms with Crippen LogP contribution in [0, 0.1) is 6.92 Å². The molecule has 1 aromatic carbocycles. The SMILES string of the molecule is CCOC(=O)c1sc2nc([C@@H](C)N3CCC[C@H]3c3ccc4c(c3)OCCO4)[nH]c(=O)c2c1C. The maximum atomic E-state index is 13.0. The first-order valence-corrected chi connectivity index (χ1v) is 12.1. The van der Waals surface area contributed by atoms with Crippen LogP contribution in [0.5, 0.6) is 11.5 Å². The number of ether oxygens (including phenoxy) is 3. The largest absolute Gasteiger partial charge is 0.486 e. The van der Waals surface area contributed by atoms with Crippen molar-refractivity contribution in [1.29, 1.82) is 0 Å². The molecule has 2 aliphatic heterocycles. The molecule has 4 heterocycles. The fourth-order valence-corrected chi connectivity index (χ4v) is 5.87. The molecule has 8 nitrogen and oxygen atoms in total. The molecule has 0 amide bonds. The number of carbonyl (C=O) groups excluding carboxylic acids is 1. The van der Waals surface area contributed by atoms with Crippen LogP contribution in [0.1, 0.15) is 65.4 Å². The van der Waals surface area contributed by atoms with Crippen LogP contribution >= 0.6 is 11.3 Å². The molecule has 1 saturated heterocycles. The zero-order chi connectivity index (χ0) is 23.1. The Balaban J connectivity index is 1.47. The number of rotatable bonds is 5. The molecule has 0 spiro atoms. The van der Waals surface area contributed by atoms with Crippen LogP contribution in [-0.4, -0.2) is 47.2 Å². The van der Waals surface area contributed by atoms with Crippen molar-refractivity contribution in [1.82, 2.24) is 14.9 Å². The van der Waals surface area contributed by atoms with Crippen molar-refractivity contribution in [2.24, 2.45) is 0 Å². The average molecular weight is 470 g/mol. The van der Waals surface area contributed by atoms with E-state index < -0.39 is 5.97 Å². The third kappa shape index (κ3) is 3.89. The third-order valence-corrected chi connectivity index (χ3v) is 7.58. The lowest BCUT2D eigenvalue weighted by atomic mass is 10.0. The maximum absolute atomic E-state index is 13.0. The van der Waals surface area contributed by atoms with Gasteiger partial charge in [-0.15, -0.1) is 11.3 Å². The van der Waals surface area contributed by atoms with E-state index in [2.05, 4.69) is 28.9 Å². The summed E-state index contributed by atoms with van der Waals surface area (Å²) in [6.07, 6.45) is 2.07. The van der Waals surface area contributed by atoms with E-state index in [0.29, 0.717) is 39.7 Å². The van der Waals surface area contributed by atoms with Gasteiger partial charge in [0.05, 0.1) is 18.0 Å². The number of aromatic nitrogens is 2. The highest BCUT2D eigenvalue weighted by atomic mass is 32.1. The van der Waals surface area contributed by atoms with Gasteiger partial charge in [-0.2, -0.15) is 0 Å². The van der Waals surface area contributed by atoms with Crippen molar-refractivity contribution in [3.63, 3.8) is 0 Å². The van der Waals surface area contributed by atoms with Gasteiger partial charge in [-0.25, -0.2) is 9.78 Å². The predicted molar refractivity (Wildman–Crippen MR) is 125 cm³/mol. The monoisotopic (exact) mass is 469 g/mol. The van der Waals surface area contributed by atoms with Crippen LogP contribution in [0.3, 0.4) is 0 Å². The number of nitrogens with one attached hydrogen (secondary N) is 1. The lowest BCUT2D eigenvalue weighted by Crippen LogP contribution is -2.29. The van der Waals surface area contributed by atoms with Gasteiger partial charge in [0.1, 0.15) is 28.7 Å². The zero-order valence-electron chi connectivity index (χ0n) is 19.0. The number of esters is 1. The first-order chi connectivity index (χ1) is 16.0. The summed E-state index contributed by atoms with van der Waals surface area (Å²) in [5, 5.41) is 0.462. The summed E-state index contributed by atoms with van der Waals surface area (Å²) in [6.45, 7) is 7.91.